The van der Waals surface area contributed by atoms with Crippen molar-refractivity contribution in [2.75, 3.05) is 18.8 Å². The van der Waals surface area contributed by atoms with Gasteiger partial charge in [0.1, 0.15) is 0 Å². The van der Waals surface area contributed by atoms with Gasteiger partial charge in [0.2, 0.25) is 10.0 Å². The molecule has 1 N–H and O–H groups in total. The van der Waals surface area contributed by atoms with Gasteiger partial charge in [-0.05, 0) is 30.2 Å². The fourth-order valence-electron chi connectivity index (χ4n) is 2.77. The van der Waals surface area contributed by atoms with Crippen molar-refractivity contribution in [2.45, 2.75) is 6.42 Å². The number of carbonyl (C=O) groups excluding carboxylic acids is 2. The van der Waals surface area contributed by atoms with Crippen LogP contribution in [0.25, 0.3) is 0 Å². The minimum absolute atomic E-state index is 0.000603. The lowest BCUT2D eigenvalue weighted by Gasteiger charge is -2.14. The summed E-state index contributed by atoms with van der Waals surface area (Å²) in [6, 6.07) is 14.0. The Bertz CT molecular complexity index is 924. The number of aryl methyl sites for hydroxylation is 1. The van der Waals surface area contributed by atoms with E-state index in [0.717, 1.165) is 14.9 Å². The molecule has 2 aromatic rings. The standard InChI is InChI=1S/C18H17BrN2O4S/c19-16-8-4-1-5-13(16)9-12-26(24,25)20-10-11-21-17(22)14-6-2-3-7-15(14)18(21)23/h1-8,20H,9-12H2. The monoisotopic (exact) mass is 436 g/mol. The second-order valence-electron chi connectivity index (χ2n) is 5.86. The van der Waals surface area contributed by atoms with Gasteiger partial charge >= 0.3 is 0 Å². The number of benzene rings is 2. The number of imide groups is 1. The van der Waals surface area contributed by atoms with Gasteiger partial charge in [-0.3, -0.25) is 14.5 Å². The summed E-state index contributed by atoms with van der Waals surface area (Å²) in [6.07, 6.45) is 0.365. The molecule has 0 saturated carbocycles. The van der Waals surface area contributed by atoms with Gasteiger partial charge in [0.25, 0.3) is 11.8 Å². The third kappa shape index (κ3) is 4.03. The maximum atomic E-state index is 12.2. The first-order valence-corrected chi connectivity index (χ1v) is 10.5. The number of fused-ring (bicyclic) bond motifs is 1. The highest BCUT2D eigenvalue weighted by molar-refractivity contribution is 9.10. The van der Waals surface area contributed by atoms with Crippen LogP contribution in [0.15, 0.2) is 53.0 Å². The molecular formula is C18H17BrN2O4S. The molecule has 1 aliphatic rings. The number of amides is 2. The van der Waals surface area contributed by atoms with E-state index in [1.54, 1.807) is 24.3 Å². The predicted octanol–water partition coefficient (Wildman–Crippen LogP) is 2.21. The van der Waals surface area contributed by atoms with E-state index < -0.39 is 21.8 Å². The Morgan fingerprint density at radius 3 is 2.12 bits per heavy atom. The number of sulfonamides is 1. The van der Waals surface area contributed by atoms with Crippen LogP contribution in [0.4, 0.5) is 0 Å². The second kappa shape index (κ2) is 7.69. The Labute approximate surface area is 160 Å². The molecule has 2 aromatic carbocycles. The van der Waals surface area contributed by atoms with Gasteiger partial charge in [-0.25, -0.2) is 13.1 Å². The largest absolute Gasteiger partial charge is 0.273 e. The summed E-state index contributed by atoms with van der Waals surface area (Å²) in [6.45, 7) is -0.00955. The third-order valence-electron chi connectivity index (χ3n) is 4.13. The highest BCUT2D eigenvalue weighted by Gasteiger charge is 2.34. The minimum atomic E-state index is -3.51. The van der Waals surface area contributed by atoms with Gasteiger partial charge in [0.15, 0.2) is 0 Å². The first-order valence-electron chi connectivity index (χ1n) is 8.05. The molecule has 8 heteroatoms. The zero-order valence-corrected chi connectivity index (χ0v) is 16.2. The molecule has 1 heterocycles. The van der Waals surface area contributed by atoms with Crippen LogP contribution >= 0.6 is 15.9 Å². The first-order chi connectivity index (χ1) is 12.4. The number of nitrogens with one attached hydrogen (secondary N) is 1. The molecule has 0 fully saturated rings. The molecule has 1 aliphatic heterocycles. The minimum Gasteiger partial charge on any atom is -0.273 e. The van der Waals surface area contributed by atoms with Crippen molar-refractivity contribution < 1.29 is 18.0 Å². The lowest BCUT2D eigenvalue weighted by atomic mass is 10.1. The Balaban J connectivity index is 1.54. The molecule has 26 heavy (non-hydrogen) atoms. The second-order valence-corrected chi connectivity index (χ2v) is 8.64. The van der Waals surface area contributed by atoms with Crippen molar-refractivity contribution >= 4 is 37.8 Å². The van der Waals surface area contributed by atoms with Crippen LogP contribution in [-0.4, -0.2) is 44.0 Å². The van der Waals surface area contributed by atoms with Gasteiger partial charge in [-0.15, -0.1) is 0 Å². The van der Waals surface area contributed by atoms with Gasteiger partial charge in [-0.1, -0.05) is 46.3 Å². The number of rotatable bonds is 7. The number of carbonyl (C=O) groups is 2. The summed E-state index contributed by atoms with van der Waals surface area (Å²) in [7, 11) is -3.51. The average molecular weight is 437 g/mol. The van der Waals surface area contributed by atoms with Gasteiger partial charge in [-0.2, -0.15) is 0 Å². The zero-order chi connectivity index (χ0) is 18.7. The molecule has 0 saturated heterocycles. The lowest BCUT2D eigenvalue weighted by molar-refractivity contribution is 0.0657. The molecule has 6 nitrogen and oxygen atoms in total. The fourth-order valence-corrected chi connectivity index (χ4v) is 4.29. The highest BCUT2D eigenvalue weighted by Crippen LogP contribution is 2.21. The van der Waals surface area contributed by atoms with Gasteiger partial charge in [0.05, 0.1) is 16.9 Å². The molecular weight excluding hydrogens is 420 g/mol. The summed E-state index contributed by atoms with van der Waals surface area (Å²) in [4.78, 5) is 25.5. The van der Waals surface area contributed by atoms with E-state index >= 15 is 0 Å². The SMILES string of the molecule is O=C1c2ccccc2C(=O)N1CCNS(=O)(=O)CCc1ccccc1Br. The van der Waals surface area contributed by atoms with Crippen molar-refractivity contribution in [1.82, 2.24) is 9.62 Å². The summed E-state index contributed by atoms with van der Waals surface area (Å²) < 4.78 is 27.6. The number of hydrogen-bond acceptors (Lipinski definition) is 4. The number of nitrogens with zero attached hydrogens (tertiary/aromatic N) is 1. The maximum absolute atomic E-state index is 12.2. The quantitative estimate of drug-likeness (QED) is 0.674. The van der Waals surface area contributed by atoms with E-state index in [1.165, 1.54) is 0 Å². The molecule has 0 unspecified atom stereocenters. The molecule has 3 rings (SSSR count). The summed E-state index contributed by atoms with van der Waals surface area (Å²) in [5.74, 6) is -0.853. The van der Waals surface area contributed by atoms with Crippen LogP contribution in [0.5, 0.6) is 0 Å². The van der Waals surface area contributed by atoms with Crippen LogP contribution < -0.4 is 4.72 Å². The normalized spacial score (nSPS) is 14.0. The molecule has 2 amide bonds. The third-order valence-corrected chi connectivity index (χ3v) is 6.29. The topological polar surface area (TPSA) is 83.6 Å². The molecule has 0 radical (unpaired) electrons. The van der Waals surface area contributed by atoms with Crippen LogP contribution in [-0.2, 0) is 16.4 Å². The van der Waals surface area contributed by atoms with E-state index in [1.807, 2.05) is 24.3 Å². The Hall–Kier alpha value is -2.03. The Kier molecular flexibility index (Phi) is 5.55. The smallest absolute Gasteiger partial charge is 0.261 e. The van der Waals surface area contributed by atoms with E-state index in [9.17, 15) is 18.0 Å². The number of hydrogen-bond donors (Lipinski definition) is 1. The average Bonchev–Trinajstić information content (AvgIpc) is 2.86. The fraction of sp³-hybridized carbons (Fsp3) is 0.222. The Morgan fingerprint density at radius 2 is 1.50 bits per heavy atom. The van der Waals surface area contributed by atoms with E-state index in [-0.39, 0.29) is 18.8 Å². The molecule has 0 bridgehead atoms. The van der Waals surface area contributed by atoms with Crippen LogP contribution in [0.3, 0.4) is 0 Å². The predicted molar refractivity (Wildman–Crippen MR) is 101 cm³/mol. The summed E-state index contributed by atoms with van der Waals surface area (Å²) >= 11 is 3.39. The van der Waals surface area contributed by atoms with E-state index in [2.05, 4.69) is 20.7 Å². The molecule has 0 spiro atoms. The van der Waals surface area contributed by atoms with E-state index in [4.69, 9.17) is 0 Å². The van der Waals surface area contributed by atoms with Crippen molar-refractivity contribution in [2.24, 2.45) is 0 Å². The summed E-state index contributed by atoms with van der Waals surface area (Å²) in [5, 5.41) is 0. The van der Waals surface area contributed by atoms with E-state index in [0.29, 0.717) is 17.5 Å². The highest BCUT2D eigenvalue weighted by atomic mass is 79.9. The van der Waals surface area contributed by atoms with Crippen molar-refractivity contribution in [1.29, 1.82) is 0 Å². The zero-order valence-electron chi connectivity index (χ0n) is 13.8. The molecule has 0 atom stereocenters. The van der Waals surface area contributed by atoms with Crippen LogP contribution in [0.2, 0.25) is 0 Å². The molecule has 136 valence electrons. The Morgan fingerprint density at radius 1 is 0.923 bits per heavy atom. The van der Waals surface area contributed by atoms with Crippen LogP contribution in [0.1, 0.15) is 26.3 Å². The first kappa shape index (κ1) is 18.8. The molecule has 0 aliphatic carbocycles. The van der Waals surface area contributed by atoms with Crippen molar-refractivity contribution in [3.05, 3.63) is 69.7 Å². The van der Waals surface area contributed by atoms with Gasteiger partial charge in [0, 0.05) is 17.6 Å². The van der Waals surface area contributed by atoms with Gasteiger partial charge < -0.3 is 0 Å². The summed E-state index contributed by atoms with van der Waals surface area (Å²) in [5.41, 5.74) is 1.61. The number of halogens is 1. The van der Waals surface area contributed by atoms with Crippen molar-refractivity contribution in [3.8, 4) is 0 Å². The van der Waals surface area contributed by atoms with Crippen molar-refractivity contribution in [3.63, 3.8) is 0 Å². The maximum Gasteiger partial charge on any atom is 0.261 e. The molecule has 0 aromatic heterocycles. The lowest BCUT2D eigenvalue weighted by Crippen LogP contribution is -2.39. The van der Waals surface area contributed by atoms with Crippen LogP contribution in [0, 0.1) is 0 Å².